The number of rotatable bonds is 4. The number of ether oxygens (including phenoxy) is 2. The number of benzene rings is 2. The van der Waals surface area contributed by atoms with E-state index in [1.807, 2.05) is 68.1 Å². The van der Waals surface area contributed by atoms with Crippen LogP contribution in [0.1, 0.15) is 42.7 Å². The van der Waals surface area contributed by atoms with Crippen molar-refractivity contribution in [1.29, 1.82) is 0 Å². The molecule has 0 saturated carbocycles. The van der Waals surface area contributed by atoms with Gasteiger partial charge in [0, 0.05) is 5.54 Å². The topological polar surface area (TPSA) is 55.8 Å². The van der Waals surface area contributed by atoms with E-state index in [9.17, 15) is 9.59 Å². The number of esters is 1. The van der Waals surface area contributed by atoms with E-state index in [1.54, 1.807) is 12.1 Å². The Balaban J connectivity index is 1.90. The molecule has 1 fully saturated rings. The molecule has 136 valence electrons. The molecule has 1 heterocycles. The van der Waals surface area contributed by atoms with Gasteiger partial charge in [-0.25, -0.2) is 4.79 Å². The second-order valence-electron chi connectivity index (χ2n) is 7.29. The number of carbonyl (C=O) groups excluding carboxylic acids is 2. The summed E-state index contributed by atoms with van der Waals surface area (Å²) in [4.78, 5) is 26.2. The van der Waals surface area contributed by atoms with Crippen molar-refractivity contribution >= 4 is 11.9 Å². The van der Waals surface area contributed by atoms with Crippen LogP contribution in [0, 0.1) is 0 Å². The minimum Gasteiger partial charge on any atom is -0.478 e. The van der Waals surface area contributed by atoms with Crippen molar-refractivity contribution in [1.82, 2.24) is 4.90 Å². The van der Waals surface area contributed by atoms with E-state index in [1.165, 1.54) is 7.11 Å². The first kappa shape index (κ1) is 18.0. The summed E-state index contributed by atoms with van der Waals surface area (Å²) in [7, 11) is 1.35. The molecule has 26 heavy (non-hydrogen) atoms. The van der Waals surface area contributed by atoms with Gasteiger partial charge >= 0.3 is 5.97 Å². The molecule has 2 atom stereocenters. The zero-order chi connectivity index (χ0) is 18.9. The number of carbonyl (C=O) groups is 2. The zero-order valence-electron chi connectivity index (χ0n) is 15.4. The molecule has 0 N–H and O–H groups in total. The molecular weight excluding hydrogens is 330 g/mol. The Bertz CT molecular complexity index is 793. The smallest absolute Gasteiger partial charge is 0.337 e. The van der Waals surface area contributed by atoms with Crippen LogP contribution in [0.25, 0.3) is 0 Å². The molecule has 1 amide bonds. The Morgan fingerprint density at radius 2 is 1.62 bits per heavy atom. The monoisotopic (exact) mass is 353 g/mol. The summed E-state index contributed by atoms with van der Waals surface area (Å²) in [6.07, 6.45) is -0.583. The second kappa shape index (κ2) is 6.83. The average Bonchev–Trinajstić information content (AvgIpc) is 2.63. The Morgan fingerprint density at radius 3 is 2.15 bits per heavy atom. The largest absolute Gasteiger partial charge is 0.478 e. The lowest BCUT2D eigenvalue weighted by Crippen LogP contribution is -2.66. The number of amides is 1. The van der Waals surface area contributed by atoms with Gasteiger partial charge in [-0.2, -0.15) is 0 Å². The molecule has 0 aromatic heterocycles. The van der Waals surface area contributed by atoms with Crippen LogP contribution < -0.4 is 4.74 Å². The van der Waals surface area contributed by atoms with E-state index in [-0.39, 0.29) is 23.5 Å². The Labute approximate surface area is 153 Å². The molecule has 0 aliphatic carbocycles. The Hall–Kier alpha value is -2.82. The molecule has 2 unspecified atom stereocenters. The number of para-hydroxylation sites is 1. The van der Waals surface area contributed by atoms with Gasteiger partial charge in [-0.05, 0) is 50.6 Å². The van der Waals surface area contributed by atoms with E-state index in [0.29, 0.717) is 11.3 Å². The van der Waals surface area contributed by atoms with E-state index >= 15 is 0 Å². The van der Waals surface area contributed by atoms with Crippen LogP contribution in [-0.2, 0) is 9.53 Å². The molecule has 1 saturated heterocycles. The molecule has 1 aliphatic heterocycles. The first-order valence-corrected chi connectivity index (χ1v) is 8.56. The summed E-state index contributed by atoms with van der Waals surface area (Å²) in [5.41, 5.74) is 1.07. The predicted octanol–water partition coefficient (Wildman–Crippen LogP) is 3.60. The van der Waals surface area contributed by atoms with Crippen molar-refractivity contribution in [2.24, 2.45) is 0 Å². The number of methoxy groups -OCH3 is 1. The normalized spacial score (nSPS) is 19.7. The van der Waals surface area contributed by atoms with Gasteiger partial charge in [-0.3, -0.25) is 4.79 Å². The van der Waals surface area contributed by atoms with Crippen LogP contribution in [0.3, 0.4) is 0 Å². The van der Waals surface area contributed by atoms with E-state index in [4.69, 9.17) is 9.47 Å². The lowest BCUT2D eigenvalue weighted by Gasteiger charge is -2.53. The van der Waals surface area contributed by atoms with Gasteiger partial charge in [0.1, 0.15) is 11.8 Å². The van der Waals surface area contributed by atoms with Gasteiger partial charge in [-0.15, -0.1) is 0 Å². The first-order chi connectivity index (χ1) is 12.3. The summed E-state index contributed by atoms with van der Waals surface area (Å²) in [5, 5.41) is 0. The summed E-state index contributed by atoms with van der Waals surface area (Å²) < 4.78 is 10.7. The molecule has 3 rings (SSSR count). The van der Waals surface area contributed by atoms with E-state index < -0.39 is 6.10 Å². The maximum Gasteiger partial charge on any atom is 0.337 e. The van der Waals surface area contributed by atoms with Crippen LogP contribution in [0.5, 0.6) is 5.75 Å². The van der Waals surface area contributed by atoms with Crippen LogP contribution in [0.15, 0.2) is 54.6 Å². The van der Waals surface area contributed by atoms with Crippen molar-refractivity contribution in [2.45, 2.75) is 38.5 Å². The maximum absolute atomic E-state index is 12.7. The standard InChI is InChI=1S/C21H23NO4/c1-21(2,3)22-17(14-10-12-15(13-11-14)20(24)25-4)18(19(22)23)26-16-8-6-5-7-9-16/h5-13,17-18H,1-4H3. The lowest BCUT2D eigenvalue weighted by atomic mass is 9.85. The number of nitrogens with zero attached hydrogens (tertiary/aromatic N) is 1. The summed E-state index contributed by atoms with van der Waals surface area (Å²) in [6, 6.07) is 16.2. The number of likely N-dealkylation sites (tertiary alicyclic amines) is 1. The molecule has 5 heteroatoms. The highest BCUT2D eigenvalue weighted by atomic mass is 16.5. The highest BCUT2D eigenvalue weighted by Gasteiger charge is 2.54. The minimum atomic E-state index is -0.583. The van der Waals surface area contributed by atoms with Crippen molar-refractivity contribution < 1.29 is 19.1 Å². The van der Waals surface area contributed by atoms with Gasteiger partial charge in [0.15, 0.2) is 0 Å². The van der Waals surface area contributed by atoms with Gasteiger partial charge in [0.05, 0.1) is 12.7 Å². The van der Waals surface area contributed by atoms with Crippen molar-refractivity contribution in [3.63, 3.8) is 0 Å². The van der Waals surface area contributed by atoms with E-state index in [0.717, 1.165) is 5.56 Å². The fourth-order valence-corrected chi connectivity index (χ4v) is 3.23. The third kappa shape index (κ3) is 3.29. The third-order valence-electron chi connectivity index (χ3n) is 4.45. The molecular formula is C21H23NO4. The fraction of sp³-hybridized carbons (Fsp3) is 0.333. The van der Waals surface area contributed by atoms with Crippen LogP contribution >= 0.6 is 0 Å². The lowest BCUT2D eigenvalue weighted by molar-refractivity contribution is -0.174. The van der Waals surface area contributed by atoms with Crippen LogP contribution in [-0.4, -0.2) is 35.5 Å². The third-order valence-corrected chi connectivity index (χ3v) is 4.45. The van der Waals surface area contributed by atoms with Crippen molar-refractivity contribution in [3.8, 4) is 5.75 Å². The van der Waals surface area contributed by atoms with Gasteiger partial charge in [-0.1, -0.05) is 30.3 Å². The molecule has 5 nitrogen and oxygen atoms in total. The highest BCUT2D eigenvalue weighted by Crippen LogP contribution is 2.42. The molecule has 0 spiro atoms. The van der Waals surface area contributed by atoms with Crippen LogP contribution in [0.4, 0.5) is 0 Å². The van der Waals surface area contributed by atoms with Gasteiger partial charge in [0.2, 0.25) is 6.10 Å². The summed E-state index contributed by atoms with van der Waals surface area (Å²) in [6.45, 7) is 6.00. The SMILES string of the molecule is COC(=O)c1ccc(C2C(Oc3ccccc3)C(=O)N2C(C)(C)C)cc1. The van der Waals surface area contributed by atoms with Crippen LogP contribution in [0.2, 0.25) is 0 Å². The first-order valence-electron chi connectivity index (χ1n) is 8.56. The van der Waals surface area contributed by atoms with E-state index in [2.05, 4.69) is 0 Å². The Morgan fingerprint density at radius 1 is 1.00 bits per heavy atom. The maximum atomic E-state index is 12.7. The number of hydrogen-bond acceptors (Lipinski definition) is 4. The quantitative estimate of drug-likeness (QED) is 0.622. The van der Waals surface area contributed by atoms with Gasteiger partial charge in [0.25, 0.3) is 5.91 Å². The zero-order valence-corrected chi connectivity index (χ0v) is 15.4. The molecule has 0 bridgehead atoms. The van der Waals surface area contributed by atoms with Crippen molar-refractivity contribution in [3.05, 3.63) is 65.7 Å². The summed E-state index contributed by atoms with van der Waals surface area (Å²) >= 11 is 0. The highest BCUT2D eigenvalue weighted by molar-refractivity contribution is 5.91. The average molecular weight is 353 g/mol. The molecule has 2 aromatic carbocycles. The molecule has 2 aromatic rings. The molecule has 0 radical (unpaired) electrons. The summed E-state index contributed by atoms with van der Waals surface area (Å²) in [5.74, 6) is 0.241. The Kier molecular flexibility index (Phi) is 4.72. The van der Waals surface area contributed by atoms with Gasteiger partial charge < -0.3 is 14.4 Å². The second-order valence-corrected chi connectivity index (χ2v) is 7.29. The number of β-lactam (4-membered cyclic amide) rings is 1. The number of hydrogen-bond donors (Lipinski definition) is 0. The molecule has 1 aliphatic rings. The van der Waals surface area contributed by atoms with Crippen molar-refractivity contribution in [2.75, 3.05) is 7.11 Å². The minimum absolute atomic E-state index is 0.0385. The fourth-order valence-electron chi connectivity index (χ4n) is 3.23. The predicted molar refractivity (Wildman–Crippen MR) is 98.0 cm³/mol.